The number of hydrogen-bond donors (Lipinski definition) is 0. The quantitative estimate of drug-likeness (QED) is 0.162. The SMILES string of the molecule is CCCCCCCCCCCCCCCCCCOP(=O)([O-])[O-].[Cd+2]. The third kappa shape index (κ3) is 25.3. The maximum atomic E-state index is 10.2. The fourth-order valence-corrected chi connectivity index (χ4v) is 3.18. The van der Waals surface area contributed by atoms with Crippen molar-refractivity contribution < 1.29 is 46.2 Å². The second kappa shape index (κ2) is 20.3. The summed E-state index contributed by atoms with van der Waals surface area (Å²) >= 11 is 0. The van der Waals surface area contributed by atoms with Crippen molar-refractivity contribution in [3.63, 3.8) is 0 Å². The van der Waals surface area contributed by atoms with Crippen LogP contribution in [0.3, 0.4) is 0 Å². The summed E-state index contributed by atoms with van der Waals surface area (Å²) in [6, 6.07) is 0. The first-order valence-electron chi connectivity index (χ1n) is 9.73. The van der Waals surface area contributed by atoms with E-state index in [1.807, 2.05) is 0 Å². The van der Waals surface area contributed by atoms with Gasteiger partial charge in [0.05, 0.1) is 14.4 Å². The van der Waals surface area contributed by atoms with Crippen LogP contribution in [0.1, 0.15) is 110 Å². The molecule has 0 bridgehead atoms. The Morgan fingerprint density at radius 3 is 1.21 bits per heavy atom. The molecular weight excluding hydrogens is 424 g/mol. The number of rotatable bonds is 18. The van der Waals surface area contributed by atoms with Gasteiger partial charge in [-0.3, -0.25) is 0 Å². The Bertz CT molecular complexity index is 284. The molecule has 0 spiro atoms. The minimum atomic E-state index is -4.76. The average Bonchev–Trinajstić information content (AvgIpc) is 2.49. The van der Waals surface area contributed by atoms with E-state index in [2.05, 4.69) is 11.4 Å². The van der Waals surface area contributed by atoms with Crippen LogP contribution in [-0.4, -0.2) is 6.61 Å². The minimum Gasteiger partial charge on any atom is -0.790 e. The zero-order valence-corrected chi connectivity index (χ0v) is 20.7. The average molecular weight is 461 g/mol. The molecule has 4 nitrogen and oxygen atoms in total. The van der Waals surface area contributed by atoms with E-state index in [0.29, 0.717) is 6.42 Å². The van der Waals surface area contributed by atoms with Gasteiger partial charge in [-0.1, -0.05) is 103 Å². The first-order valence-corrected chi connectivity index (χ1v) is 11.2. The summed E-state index contributed by atoms with van der Waals surface area (Å²) in [6.45, 7) is 2.30. The van der Waals surface area contributed by atoms with Crippen molar-refractivity contribution in [3.8, 4) is 0 Å². The summed E-state index contributed by atoms with van der Waals surface area (Å²) in [5, 5.41) is 0. The zero-order chi connectivity index (χ0) is 17.2. The van der Waals surface area contributed by atoms with Crippen molar-refractivity contribution in [2.45, 2.75) is 110 Å². The van der Waals surface area contributed by atoms with Gasteiger partial charge in [0.2, 0.25) is 0 Å². The molecule has 0 aliphatic rings. The Morgan fingerprint density at radius 2 is 0.917 bits per heavy atom. The van der Waals surface area contributed by atoms with Gasteiger partial charge in [0.1, 0.15) is 0 Å². The zero-order valence-electron chi connectivity index (χ0n) is 15.8. The fraction of sp³-hybridized carbons (Fsp3) is 1.00. The number of phosphoric acid groups is 1. The van der Waals surface area contributed by atoms with E-state index >= 15 is 0 Å². The smallest absolute Gasteiger partial charge is 0.790 e. The molecule has 0 saturated heterocycles. The van der Waals surface area contributed by atoms with Crippen molar-refractivity contribution in [1.82, 2.24) is 0 Å². The first kappa shape index (κ1) is 27.3. The molecule has 0 heterocycles. The molecule has 6 heteroatoms. The molecule has 0 amide bonds. The second-order valence-corrected chi connectivity index (χ2v) is 7.74. The standard InChI is InChI=1S/C18H39O4P.Cd/c1-2-3-4-5-6-7-8-9-10-11-12-13-14-15-16-17-18-22-23(19,20)21;/h2-18H2,1H3,(H2,19,20,21);/q;+2/p-2. The summed E-state index contributed by atoms with van der Waals surface area (Å²) in [5.74, 6) is 0. The molecule has 0 unspecified atom stereocenters. The molecule has 0 saturated carbocycles. The normalized spacial score (nSPS) is 11.5. The van der Waals surface area contributed by atoms with E-state index in [-0.39, 0.29) is 33.9 Å². The topological polar surface area (TPSA) is 72.4 Å². The van der Waals surface area contributed by atoms with Crippen molar-refractivity contribution in [2.75, 3.05) is 6.61 Å². The summed E-state index contributed by atoms with van der Waals surface area (Å²) in [7, 11) is -4.76. The van der Waals surface area contributed by atoms with Crippen LogP contribution in [0.4, 0.5) is 0 Å². The van der Waals surface area contributed by atoms with E-state index < -0.39 is 7.82 Å². The Labute approximate surface area is 169 Å². The maximum absolute atomic E-state index is 10.2. The molecule has 0 N–H and O–H groups in total. The third-order valence-corrected chi connectivity index (χ3v) is 4.75. The van der Waals surface area contributed by atoms with Gasteiger partial charge in [-0.05, 0) is 6.42 Å². The van der Waals surface area contributed by atoms with Gasteiger partial charge in [0, 0.05) is 0 Å². The Balaban J connectivity index is 0. The van der Waals surface area contributed by atoms with Crippen LogP contribution >= 0.6 is 7.82 Å². The number of hydrogen-bond acceptors (Lipinski definition) is 4. The van der Waals surface area contributed by atoms with Gasteiger partial charge >= 0.3 is 27.3 Å². The molecule has 0 aromatic carbocycles. The summed E-state index contributed by atoms with van der Waals surface area (Å²) in [6.07, 6.45) is 20.3. The van der Waals surface area contributed by atoms with Crippen LogP contribution in [0.2, 0.25) is 0 Å². The van der Waals surface area contributed by atoms with Crippen molar-refractivity contribution in [1.29, 1.82) is 0 Å². The Morgan fingerprint density at radius 1 is 0.625 bits per heavy atom. The summed E-state index contributed by atoms with van der Waals surface area (Å²) in [4.78, 5) is 20.5. The van der Waals surface area contributed by atoms with Crippen LogP contribution in [0, 0.1) is 0 Å². The van der Waals surface area contributed by atoms with Gasteiger partial charge < -0.3 is 18.9 Å². The minimum absolute atomic E-state index is 0. The number of phosphoric ester groups is 1. The van der Waals surface area contributed by atoms with E-state index in [1.165, 1.54) is 83.5 Å². The third-order valence-electron chi connectivity index (χ3n) is 4.25. The summed E-state index contributed by atoms with van der Waals surface area (Å²) in [5.41, 5.74) is 0. The predicted octanol–water partition coefficient (Wildman–Crippen LogP) is 5.09. The second-order valence-electron chi connectivity index (χ2n) is 6.58. The van der Waals surface area contributed by atoms with Crippen LogP contribution in [0.15, 0.2) is 0 Å². The molecule has 0 aromatic rings. The molecule has 0 aromatic heterocycles. The van der Waals surface area contributed by atoms with E-state index in [9.17, 15) is 14.4 Å². The van der Waals surface area contributed by atoms with E-state index in [0.717, 1.165) is 12.8 Å². The molecule has 24 heavy (non-hydrogen) atoms. The fourth-order valence-electron chi connectivity index (χ4n) is 2.83. The van der Waals surface area contributed by atoms with Gasteiger partial charge in [-0.25, -0.2) is 0 Å². The Kier molecular flexibility index (Phi) is 23.1. The number of unbranched alkanes of at least 4 members (excludes halogenated alkanes) is 15. The van der Waals surface area contributed by atoms with Crippen molar-refractivity contribution in [2.24, 2.45) is 0 Å². The summed E-state index contributed by atoms with van der Waals surface area (Å²) < 4.78 is 14.4. The molecule has 0 radical (unpaired) electrons. The van der Waals surface area contributed by atoms with Crippen LogP contribution in [-0.2, 0) is 36.4 Å². The van der Waals surface area contributed by atoms with Crippen LogP contribution < -0.4 is 9.79 Å². The molecule has 0 aliphatic heterocycles. The molecule has 0 rings (SSSR count). The predicted molar refractivity (Wildman–Crippen MR) is 93.1 cm³/mol. The molecular formula is C18H37CdO4P. The maximum Gasteiger partial charge on any atom is 2.00 e. The van der Waals surface area contributed by atoms with Gasteiger partial charge in [-0.15, -0.1) is 0 Å². The molecule has 140 valence electrons. The van der Waals surface area contributed by atoms with Crippen molar-refractivity contribution in [3.05, 3.63) is 0 Å². The monoisotopic (exact) mass is 462 g/mol. The van der Waals surface area contributed by atoms with Gasteiger partial charge in [-0.2, -0.15) is 0 Å². The van der Waals surface area contributed by atoms with Gasteiger partial charge in [0.25, 0.3) is 0 Å². The largest absolute Gasteiger partial charge is 2.00 e. The van der Waals surface area contributed by atoms with Crippen LogP contribution in [0.5, 0.6) is 0 Å². The van der Waals surface area contributed by atoms with E-state index in [1.54, 1.807) is 0 Å². The van der Waals surface area contributed by atoms with Gasteiger partial charge in [0.15, 0.2) is 0 Å². The first-order chi connectivity index (χ1) is 11.1. The molecule has 0 aliphatic carbocycles. The van der Waals surface area contributed by atoms with Crippen LogP contribution in [0.25, 0.3) is 0 Å². The molecule has 0 fully saturated rings. The Hall–Kier alpha value is 1.03. The van der Waals surface area contributed by atoms with Crippen molar-refractivity contribution >= 4 is 7.82 Å². The van der Waals surface area contributed by atoms with E-state index in [4.69, 9.17) is 0 Å². The molecule has 0 atom stereocenters.